The number of aryl methyl sites for hydroxylation is 1. The molecule has 148 valence electrons. The number of ether oxygens (including phenoxy) is 1. The first-order chi connectivity index (χ1) is 13.2. The minimum absolute atomic E-state index is 0.287. The highest BCUT2D eigenvalue weighted by molar-refractivity contribution is 7.99. The molecular weight excluding hydrogens is 368 g/mol. The van der Waals surface area contributed by atoms with Crippen molar-refractivity contribution in [2.24, 2.45) is 0 Å². The molecule has 0 atom stereocenters. The Labute approximate surface area is 171 Å². The normalized spacial score (nSPS) is 11.6. The summed E-state index contributed by atoms with van der Waals surface area (Å²) in [6.45, 7) is 8.37. The maximum absolute atomic E-state index is 12.2. The van der Waals surface area contributed by atoms with Gasteiger partial charge in [-0.05, 0) is 51.8 Å². The maximum Gasteiger partial charge on any atom is 0.410 e. The highest BCUT2D eigenvalue weighted by Gasteiger charge is 2.20. The van der Waals surface area contributed by atoms with Gasteiger partial charge in [-0.1, -0.05) is 48.2 Å². The number of hydrogen-bond acceptors (Lipinski definition) is 3. The van der Waals surface area contributed by atoms with Crippen molar-refractivity contribution in [3.8, 4) is 0 Å². The zero-order valence-electron chi connectivity index (χ0n) is 17.2. The SMILES string of the molecule is Cc1[nH]c2ccccc2c1Sc1ccccc1CCN(C)C(=O)OC(C)(C)C. The monoisotopic (exact) mass is 396 g/mol. The zero-order valence-corrected chi connectivity index (χ0v) is 18.0. The molecule has 28 heavy (non-hydrogen) atoms. The van der Waals surface area contributed by atoms with Gasteiger partial charge >= 0.3 is 6.09 Å². The van der Waals surface area contributed by atoms with Crippen LogP contribution in [0.4, 0.5) is 4.79 Å². The van der Waals surface area contributed by atoms with Crippen LogP contribution in [0.5, 0.6) is 0 Å². The number of benzene rings is 2. The predicted octanol–water partition coefficient (Wildman–Crippen LogP) is 6.04. The van der Waals surface area contributed by atoms with Gasteiger partial charge in [-0.3, -0.25) is 0 Å². The molecule has 0 spiro atoms. The number of likely N-dealkylation sites (N-methyl/N-ethyl adjacent to an activating group) is 1. The van der Waals surface area contributed by atoms with E-state index >= 15 is 0 Å². The van der Waals surface area contributed by atoms with Crippen molar-refractivity contribution in [1.82, 2.24) is 9.88 Å². The van der Waals surface area contributed by atoms with Crippen molar-refractivity contribution in [1.29, 1.82) is 0 Å². The maximum atomic E-state index is 12.2. The average molecular weight is 397 g/mol. The van der Waals surface area contributed by atoms with Crippen LogP contribution in [0.1, 0.15) is 32.0 Å². The lowest BCUT2D eigenvalue weighted by Gasteiger charge is -2.24. The molecule has 0 saturated carbocycles. The lowest BCUT2D eigenvalue weighted by atomic mass is 10.1. The third kappa shape index (κ3) is 4.90. The standard InChI is InChI=1S/C23H28N2O2S/c1-16-21(18-11-7-8-12-19(18)24-16)28-20-13-9-6-10-17(20)14-15-25(5)22(26)27-23(2,3)4/h6-13,24H,14-15H2,1-5H3. The van der Waals surface area contributed by atoms with Crippen LogP contribution in [-0.4, -0.2) is 35.2 Å². The fourth-order valence-electron chi connectivity index (χ4n) is 3.02. The minimum Gasteiger partial charge on any atom is -0.444 e. The molecule has 0 aliphatic carbocycles. The van der Waals surface area contributed by atoms with Crippen molar-refractivity contribution >= 4 is 28.8 Å². The topological polar surface area (TPSA) is 45.3 Å². The second kappa shape index (κ2) is 8.31. The molecule has 2 aromatic carbocycles. The molecule has 1 N–H and O–H groups in total. The van der Waals surface area contributed by atoms with E-state index in [-0.39, 0.29) is 6.09 Å². The Morgan fingerprint density at radius 3 is 2.54 bits per heavy atom. The molecule has 4 nitrogen and oxygen atoms in total. The van der Waals surface area contributed by atoms with E-state index in [9.17, 15) is 4.79 Å². The first-order valence-corrected chi connectivity index (χ1v) is 10.3. The lowest BCUT2D eigenvalue weighted by molar-refractivity contribution is 0.0300. The quantitative estimate of drug-likeness (QED) is 0.572. The second-order valence-electron chi connectivity index (χ2n) is 7.99. The summed E-state index contributed by atoms with van der Waals surface area (Å²) in [5.74, 6) is 0. The molecule has 0 saturated heterocycles. The molecule has 5 heteroatoms. The third-order valence-electron chi connectivity index (χ3n) is 4.44. The number of carbonyl (C=O) groups is 1. The Balaban J connectivity index is 1.75. The molecule has 0 fully saturated rings. The Morgan fingerprint density at radius 2 is 1.79 bits per heavy atom. The molecule has 0 aliphatic heterocycles. The van der Waals surface area contributed by atoms with Gasteiger partial charge in [0.1, 0.15) is 5.60 Å². The van der Waals surface area contributed by atoms with Gasteiger partial charge in [0.25, 0.3) is 0 Å². The van der Waals surface area contributed by atoms with Crippen molar-refractivity contribution < 1.29 is 9.53 Å². The van der Waals surface area contributed by atoms with Crippen LogP contribution in [0.3, 0.4) is 0 Å². The van der Waals surface area contributed by atoms with Crippen molar-refractivity contribution in [3.63, 3.8) is 0 Å². The summed E-state index contributed by atoms with van der Waals surface area (Å²) < 4.78 is 5.44. The van der Waals surface area contributed by atoms with Gasteiger partial charge in [-0.2, -0.15) is 0 Å². The van der Waals surface area contributed by atoms with E-state index in [1.165, 1.54) is 26.4 Å². The van der Waals surface area contributed by atoms with Gasteiger partial charge in [-0.15, -0.1) is 0 Å². The fourth-order valence-corrected chi connectivity index (χ4v) is 4.18. The number of amides is 1. The molecule has 0 bridgehead atoms. The van der Waals surface area contributed by atoms with Crippen molar-refractivity contribution in [2.45, 2.75) is 49.5 Å². The smallest absolute Gasteiger partial charge is 0.410 e. The van der Waals surface area contributed by atoms with Gasteiger partial charge in [-0.25, -0.2) is 4.79 Å². The number of carbonyl (C=O) groups excluding carboxylic acids is 1. The van der Waals surface area contributed by atoms with E-state index in [0.717, 1.165) is 11.9 Å². The van der Waals surface area contributed by atoms with Gasteiger partial charge in [0.15, 0.2) is 0 Å². The van der Waals surface area contributed by atoms with Gasteiger partial charge in [0.05, 0.1) is 0 Å². The number of aromatic amines is 1. The number of nitrogens with zero attached hydrogens (tertiary/aromatic N) is 1. The minimum atomic E-state index is -0.480. The Kier molecular flexibility index (Phi) is 6.04. The summed E-state index contributed by atoms with van der Waals surface area (Å²) >= 11 is 1.78. The van der Waals surface area contributed by atoms with Crippen LogP contribution < -0.4 is 0 Å². The molecule has 0 unspecified atom stereocenters. The first kappa shape index (κ1) is 20.3. The largest absolute Gasteiger partial charge is 0.444 e. The van der Waals surface area contributed by atoms with E-state index < -0.39 is 5.60 Å². The van der Waals surface area contributed by atoms with E-state index in [1.807, 2.05) is 26.8 Å². The van der Waals surface area contributed by atoms with Crippen LogP contribution in [0, 0.1) is 6.92 Å². The lowest BCUT2D eigenvalue weighted by Crippen LogP contribution is -2.35. The van der Waals surface area contributed by atoms with Gasteiger partial charge in [0.2, 0.25) is 0 Å². The number of aromatic nitrogens is 1. The van der Waals surface area contributed by atoms with Crippen LogP contribution in [-0.2, 0) is 11.2 Å². The number of para-hydroxylation sites is 1. The predicted molar refractivity (Wildman–Crippen MR) is 116 cm³/mol. The van der Waals surface area contributed by atoms with Crippen LogP contribution >= 0.6 is 11.8 Å². The number of H-pyrrole nitrogens is 1. The summed E-state index contributed by atoms with van der Waals surface area (Å²) in [5, 5.41) is 1.24. The highest BCUT2D eigenvalue weighted by Crippen LogP contribution is 2.37. The Bertz CT molecular complexity index is 972. The first-order valence-electron chi connectivity index (χ1n) is 9.52. The van der Waals surface area contributed by atoms with Crippen LogP contribution in [0.2, 0.25) is 0 Å². The summed E-state index contributed by atoms with van der Waals surface area (Å²) in [6, 6.07) is 16.8. The van der Waals surface area contributed by atoms with Crippen molar-refractivity contribution in [3.05, 3.63) is 59.8 Å². The number of nitrogens with one attached hydrogen (secondary N) is 1. The van der Waals surface area contributed by atoms with E-state index in [2.05, 4.69) is 54.4 Å². The Hall–Kier alpha value is -2.40. The number of rotatable bonds is 5. The molecule has 3 aromatic rings. The molecule has 3 rings (SSSR count). The van der Waals surface area contributed by atoms with Gasteiger partial charge < -0.3 is 14.6 Å². The molecular formula is C23H28N2O2S. The Morgan fingerprint density at radius 1 is 1.11 bits per heavy atom. The van der Waals surface area contributed by atoms with E-state index in [0.29, 0.717) is 6.54 Å². The van der Waals surface area contributed by atoms with Crippen LogP contribution in [0.25, 0.3) is 10.9 Å². The molecule has 0 aliphatic rings. The zero-order chi connectivity index (χ0) is 20.3. The van der Waals surface area contributed by atoms with Crippen molar-refractivity contribution in [2.75, 3.05) is 13.6 Å². The molecule has 1 aromatic heterocycles. The number of hydrogen-bond donors (Lipinski definition) is 1. The highest BCUT2D eigenvalue weighted by atomic mass is 32.2. The third-order valence-corrected chi connectivity index (χ3v) is 5.79. The van der Waals surface area contributed by atoms with Gasteiger partial charge in [0, 0.05) is 40.0 Å². The fraction of sp³-hybridized carbons (Fsp3) is 0.348. The summed E-state index contributed by atoms with van der Waals surface area (Å²) in [4.78, 5) is 19.8. The average Bonchev–Trinajstić information content (AvgIpc) is 2.95. The number of fused-ring (bicyclic) bond motifs is 1. The molecule has 1 heterocycles. The van der Waals surface area contributed by atoms with Crippen LogP contribution in [0.15, 0.2) is 58.3 Å². The summed E-state index contributed by atoms with van der Waals surface area (Å²) in [7, 11) is 1.79. The molecule has 0 radical (unpaired) electrons. The van der Waals surface area contributed by atoms with E-state index in [1.54, 1.807) is 23.7 Å². The summed E-state index contributed by atoms with van der Waals surface area (Å²) in [6.07, 6.45) is 0.491. The second-order valence-corrected chi connectivity index (χ2v) is 9.04. The van der Waals surface area contributed by atoms with E-state index in [4.69, 9.17) is 4.74 Å². The molecule has 1 amide bonds. The summed E-state index contributed by atoms with van der Waals surface area (Å²) in [5.41, 5.74) is 3.08.